The average molecular weight is 212 g/mol. The Labute approximate surface area is 85.9 Å². The molecular weight excluding hydrogens is 202 g/mol. The van der Waals surface area contributed by atoms with E-state index in [2.05, 4.69) is 0 Å². The summed E-state index contributed by atoms with van der Waals surface area (Å²) < 4.78 is 25.1. The number of rotatable bonds is 4. The number of hydrogen-bond donors (Lipinski definition) is 0. The first kappa shape index (κ1) is 11.5. The molecule has 1 aromatic rings. The molecule has 0 bridgehead atoms. The van der Waals surface area contributed by atoms with Gasteiger partial charge in [0.05, 0.1) is 0 Å². The van der Waals surface area contributed by atoms with Crippen molar-refractivity contribution in [2.45, 2.75) is 19.3 Å². The highest BCUT2D eigenvalue weighted by Crippen LogP contribution is 2.28. The largest absolute Gasteiger partial charge is 0.303 e. The summed E-state index contributed by atoms with van der Waals surface area (Å²) in [4.78, 5) is 21.0. The highest BCUT2D eigenvalue weighted by Gasteiger charge is 2.17. The molecule has 1 unspecified atom stereocenters. The third-order valence-electron chi connectivity index (χ3n) is 2.18. The maximum absolute atomic E-state index is 12.6. The predicted octanol–water partition coefficient (Wildman–Crippen LogP) is 2.74. The number of aldehydes is 2. The van der Waals surface area contributed by atoms with Gasteiger partial charge in [0.1, 0.15) is 12.6 Å². The molecule has 15 heavy (non-hydrogen) atoms. The second kappa shape index (κ2) is 4.77. The van der Waals surface area contributed by atoms with E-state index in [0.717, 1.165) is 0 Å². The molecule has 0 spiro atoms. The summed E-state index contributed by atoms with van der Waals surface area (Å²) in [5.41, 5.74) is 0.313. The summed E-state index contributed by atoms with van der Waals surface area (Å²) in [6.07, 6.45) is -1.49. The van der Waals surface area contributed by atoms with Crippen molar-refractivity contribution in [3.63, 3.8) is 0 Å². The van der Waals surface area contributed by atoms with Crippen molar-refractivity contribution in [3.05, 3.63) is 34.9 Å². The van der Waals surface area contributed by atoms with Crippen LogP contribution in [0.5, 0.6) is 0 Å². The molecule has 0 fully saturated rings. The number of benzene rings is 1. The SMILES string of the molecule is CC(C=O)c1cc(C=O)ccc1C(F)F. The lowest BCUT2D eigenvalue weighted by Crippen LogP contribution is -2.02. The van der Waals surface area contributed by atoms with Crippen LogP contribution in [0.4, 0.5) is 8.78 Å². The van der Waals surface area contributed by atoms with E-state index in [0.29, 0.717) is 18.1 Å². The second-order valence-electron chi connectivity index (χ2n) is 3.23. The summed E-state index contributed by atoms with van der Waals surface area (Å²) in [5, 5.41) is 0. The molecule has 2 nitrogen and oxygen atoms in total. The highest BCUT2D eigenvalue weighted by atomic mass is 19.3. The Balaban J connectivity index is 3.27. The summed E-state index contributed by atoms with van der Waals surface area (Å²) in [5.74, 6) is -0.631. The topological polar surface area (TPSA) is 34.1 Å². The summed E-state index contributed by atoms with van der Waals surface area (Å²) in [6.45, 7) is 1.52. The highest BCUT2D eigenvalue weighted by molar-refractivity contribution is 5.76. The Morgan fingerprint density at radius 1 is 1.20 bits per heavy atom. The van der Waals surface area contributed by atoms with E-state index in [-0.39, 0.29) is 11.1 Å². The molecule has 0 aromatic heterocycles. The van der Waals surface area contributed by atoms with Crippen molar-refractivity contribution in [3.8, 4) is 0 Å². The Kier molecular flexibility index (Phi) is 3.66. The zero-order valence-electron chi connectivity index (χ0n) is 8.11. The van der Waals surface area contributed by atoms with Gasteiger partial charge in [-0.3, -0.25) is 4.79 Å². The van der Waals surface area contributed by atoms with Crippen molar-refractivity contribution in [1.29, 1.82) is 0 Å². The summed E-state index contributed by atoms with van der Waals surface area (Å²) in [7, 11) is 0. The Hall–Kier alpha value is -1.58. The van der Waals surface area contributed by atoms with Gasteiger partial charge in [0.25, 0.3) is 6.43 Å². The van der Waals surface area contributed by atoms with Crippen LogP contribution < -0.4 is 0 Å². The molecule has 0 saturated carbocycles. The van der Waals surface area contributed by atoms with Crippen LogP contribution >= 0.6 is 0 Å². The first-order valence-corrected chi connectivity index (χ1v) is 4.42. The molecule has 0 saturated heterocycles. The van der Waals surface area contributed by atoms with Gasteiger partial charge >= 0.3 is 0 Å². The van der Waals surface area contributed by atoms with Crippen molar-refractivity contribution < 1.29 is 18.4 Å². The number of carbonyl (C=O) groups is 2. The van der Waals surface area contributed by atoms with E-state index in [1.54, 1.807) is 0 Å². The van der Waals surface area contributed by atoms with Crippen LogP contribution in [0.15, 0.2) is 18.2 Å². The number of carbonyl (C=O) groups excluding carboxylic acids is 2. The van der Waals surface area contributed by atoms with E-state index >= 15 is 0 Å². The standard InChI is InChI=1S/C11H10F2O2/c1-7(5-14)10-4-8(6-15)2-3-9(10)11(12)13/h2-7,11H,1H3. The lowest BCUT2D eigenvalue weighted by atomic mass is 9.95. The maximum Gasteiger partial charge on any atom is 0.264 e. The molecule has 1 aromatic carbocycles. The van der Waals surface area contributed by atoms with Crippen LogP contribution in [0, 0.1) is 0 Å². The van der Waals surface area contributed by atoms with Crippen LogP contribution in [-0.2, 0) is 4.79 Å². The third kappa shape index (κ3) is 2.46. The normalized spacial score (nSPS) is 12.5. The van der Waals surface area contributed by atoms with Gasteiger partial charge in [-0.2, -0.15) is 0 Å². The van der Waals surface area contributed by atoms with Crippen LogP contribution in [0.1, 0.15) is 40.8 Å². The first-order chi connectivity index (χ1) is 7.10. The Morgan fingerprint density at radius 2 is 1.87 bits per heavy atom. The second-order valence-corrected chi connectivity index (χ2v) is 3.23. The molecule has 80 valence electrons. The van der Waals surface area contributed by atoms with Gasteiger partial charge in [-0.05, 0) is 11.6 Å². The molecule has 0 aliphatic rings. The van der Waals surface area contributed by atoms with Crippen molar-refractivity contribution in [1.82, 2.24) is 0 Å². The smallest absolute Gasteiger partial charge is 0.264 e. The lowest BCUT2D eigenvalue weighted by Gasteiger charge is -2.11. The van der Waals surface area contributed by atoms with Crippen LogP contribution in [0.25, 0.3) is 0 Å². The van der Waals surface area contributed by atoms with E-state index in [1.165, 1.54) is 25.1 Å². The number of hydrogen-bond acceptors (Lipinski definition) is 2. The van der Waals surface area contributed by atoms with Crippen molar-refractivity contribution in [2.24, 2.45) is 0 Å². The first-order valence-electron chi connectivity index (χ1n) is 4.42. The number of halogens is 2. The minimum atomic E-state index is -2.64. The molecule has 0 amide bonds. The minimum Gasteiger partial charge on any atom is -0.303 e. The molecule has 1 rings (SSSR count). The van der Waals surface area contributed by atoms with Gasteiger partial charge < -0.3 is 4.79 Å². The fraction of sp³-hybridized carbons (Fsp3) is 0.273. The quantitative estimate of drug-likeness (QED) is 0.719. The zero-order valence-corrected chi connectivity index (χ0v) is 8.11. The van der Waals surface area contributed by atoms with E-state index in [9.17, 15) is 18.4 Å². The fourth-order valence-electron chi connectivity index (χ4n) is 1.33. The molecule has 4 heteroatoms. The van der Waals surface area contributed by atoms with E-state index in [1.807, 2.05) is 0 Å². The molecule has 0 N–H and O–H groups in total. The molecular formula is C11H10F2O2. The van der Waals surface area contributed by atoms with Gasteiger partial charge in [0.2, 0.25) is 0 Å². The minimum absolute atomic E-state index is 0.194. The molecule has 0 aliphatic heterocycles. The van der Waals surface area contributed by atoms with Crippen LogP contribution in [-0.4, -0.2) is 12.6 Å². The van der Waals surface area contributed by atoms with Gasteiger partial charge in [-0.1, -0.05) is 19.1 Å². The Bertz CT molecular complexity index is 375. The maximum atomic E-state index is 12.6. The Morgan fingerprint density at radius 3 is 2.33 bits per heavy atom. The van der Waals surface area contributed by atoms with Gasteiger partial charge in [-0.15, -0.1) is 0 Å². The average Bonchev–Trinajstić information content (AvgIpc) is 2.26. The monoisotopic (exact) mass is 212 g/mol. The van der Waals surface area contributed by atoms with Crippen LogP contribution in [0.3, 0.4) is 0 Å². The molecule has 1 atom stereocenters. The predicted molar refractivity (Wildman–Crippen MR) is 51.3 cm³/mol. The summed E-state index contributed by atoms with van der Waals surface area (Å²) >= 11 is 0. The van der Waals surface area contributed by atoms with Gasteiger partial charge in [0.15, 0.2) is 0 Å². The summed E-state index contributed by atoms with van der Waals surface area (Å²) in [6, 6.07) is 3.83. The van der Waals surface area contributed by atoms with Gasteiger partial charge in [0, 0.05) is 17.0 Å². The molecule has 0 aliphatic carbocycles. The van der Waals surface area contributed by atoms with Crippen molar-refractivity contribution in [2.75, 3.05) is 0 Å². The van der Waals surface area contributed by atoms with E-state index in [4.69, 9.17) is 0 Å². The third-order valence-corrected chi connectivity index (χ3v) is 2.18. The number of alkyl halides is 2. The van der Waals surface area contributed by atoms with E-state index < -0.39 is 12.3 Å². The lowest BCUT2D eigenvalue weighted by molar-refractivity contribution is -0.108. The van der Waals surface area contributed by atoms with Crippen LogP contribution in [0.2, 0.25) is 0 Å². The molecule has 0 radical (unpaired) electrons. The van der Waals surface area contributed by atoms with Crippen molar-refractivity contribution >= 4 is 12.6 Å². The molecule has 0 heterocycles. The van der Waals surface area contributed by atoms with Gasteiger partial charge in [-0.25, -0.2) is 8.78 Å². The fourth-order valence-corrected chi connectivity index (χ4v) is 1.33. The zero-order chi connectivity index (χ0) is 11.4.